The molecule has 0 aromatic heterocycles. The highest BCUT2D eigenvalue weighted by Gasteiger charge is 2.59. The molecule has 2 aromatic carbocycles. The summed E-state index contributed by atoms with van der Waals surface area (Å²) in [6, 6.07) is 12.3. The van der Waals surface area contributed by atoms with Crippen LogP contribution < -0.4 is 10.1 Å². The van der Waals surface area contributed by atoms with Crippen LogP contribution in [0.1, 0.15) is 17.5 Å². The average Bonchev–Trinajstić information content (AvgIpc) is 3.47. The number of rotatable bonds is 6. The summed E-state index contributed by atoms with van der Waals surface area (Å²) in [5.41, 5.74) is 2.23. The smallest absolute Gasteiger partial charge is 0.262 e. The molecule has 7 nitrogen and oxygen atoms in total. The first-order valence-electron chi connectivity index (χ1n) is 10.8. The van der Waals surface area contributed by atoms with Crippen LogP contribution in [0.4, 0.5) is 5.69 Å². The maximum Gasteiger partial charge on any atom is 0.262 e. The van der Waals surface area contributed by atoms with Gasteiger partial charge in [-0.3, -0.25) is 14.4 Å². The molecule has 3 aliphatic rings. The molecule has 2 bridgehead atoms. The van der Waals surface area contributed by atoms with Gasteiger partial charge in [0.05, 0.1) is 18.1 Å². The maximum absolute atomic E-state index is 12.8. The van der Waals surface area contributed by atoms with E-state index in [1.807, 2.05) is 43.3 Å². The van der Waals surface area contributed by atoms with Gasteiger partial charge in [0.15, 0.2) is 6.61 Å². The summed E-state index contributed by atoms with van der Waals surface area (Å²) >= 11 is 6.12. The van der Waals surface area contributed by atoms with E-state index in [0.29, 0.717) is 22.0 Å². The Bertz CT molecular complexity index is 1160. The highest BCUT2D eigenvalue weighted by Crippen LogP contribution is 2.52. The maximum atomic E-state index is 12.8. The molecule has 8 heteroatoms. The van der Waals surface area contributed by atoms with Gasteiger partial charge in [-0.15, -0.1) is 0 Å². The topological polar surface area (TPSA) is 88.1 Å². The molecule has 0 radical (unpaired) electrons. The lowest BCUT2D eigenvalue weighted by molar-refractivity contribution is -0.140. The van der Waals surface area contributed by atoms with Crippen LogP contribution in [-0.2, 0) is 14.4 Å². The molecule has 1 aliphatic heterocycles. The van der Waals surface area contributed by atoms with Gasteiger partial charge in [-0.25, -0.2) is 0 Å². The number of anilines is 1. The van der Waals surface area contributed by atoms with Crippen LogP contribution in [0.3, 0.4) is 0 Å². The number of hydrogen-bond donors (Lipinski definition) is 1. The highest BCUT2D eigenvalue weighted by molar-refractivity contribution is 6.31. The van der Waals surface area contributed by atoms with Crippen LogP contribution in [0, 0.1) is 30.6 Å². The van der Waals surface area contributed by atoms with E-state index in [0.717, 1.165) is 17.0 Å². The molecule has 1 saturated heterocycles. The second-order valence-electron chi connectivity index (χ2n) is 8.62. The van der Waals surface area contributed by atoms with Crippen LogP contribution in [0.2, 0.25) is 5.02 Å². The number of benzene rings is 2. The van der Waals surface area contributed by atoms with Crippen molar-refractivity contribution in [3.8, 4) is 5.75 Å². The second kappa shape index (κ2) is 8.48. The number of halogens is 1. The molecular weight excluding hydrogens is 442 g/mol. The minimum Gasteiger partial charge on any atom is -0.483 e. The highest BCUT2D eigenvalue weighted by atomic mass is 35.5. The van der Waals surface area contributed by atoms with Gasteiger partial charge in [0.25, 0.3) is 17.7 Å². The molecule has 1 saturated carbocycles. The molecule has 5 rings (SSSR count). The van der Waals surface area contributed by atoms with Crippen molar-refractivity contribution >= 4 is 41.2 Å². The number of amides is 3. The fourth-order valence-corrected chi connectivity index (χ4v) is 5.03. The number of carbonyl (C=O) groups excluding carboxylic acids is 3. The molecule has 4 atom stereocenters. The predicted octanol–water partition coefficient (Wildman–Crippen LogP) is 3.81. The SMILES string of the molecule is Cc1ccc(NC(=O)COc2ccc(Cl)cc2C=NN2C(=O)[C@@H]3[C@H](C2=O)[C@H]2C=C[C@H]3C2)cc1. The zero-order valence-corrected chi connectivity index (χ0v) is 18.7. The Balaban J connectivity index is 1.27. The number of nitrogens with one attached hydrogen (secondary N) is 1. The molecule has 2 aliphatic carbocycles. The monoisotopic (exact) mass is 463 g/mol. The first-order valence-corrected chi connectivity index (χ1v) is 11.2. The van der Waals surface area contributed by atoms with E-state index in [-0.39, 0.29) is 48.0 Å². The summed E-state index contributed by atoms with van der Waals surface area (Å²) in [5.74, 6) is -0.876. The zero-order chi connectivity index (χ0) is 23.1. The van der Waals surface area contributed by atoms with Crippen LogP contribution in [0.15, 0.2) is 59.7 Å². The first kappa shape index (κ1) is 21.4. The third-order valence-corrected chi connectivity index (χ3v) is 6.66. The molecule has 168 valence electrons. The van der Waals surface area contributed by atoms with Gasteiger partial charge in [0.1, 0.15) is 5.75 Å². The predicted molar refractivity (Wildman–Crippen MR) is 124 cm³/mol. The lowest BCUT2D eigenvalue weighted by atomic mass is 9.85. The van der Waals surface area contributed by atoms with Gasteiger partial charge < -0.3 is 10.1 Å². The Morgan fingerprint density at radius 1 is 1.12 bits per heavy atom. The third kappa shape index (κ3) is 4.04. The van der Waals surface area contributed by atoms with Crippen molar-refractivity contribution < 1.29 is 19.1 Å². The standard InChI is InChI=1S/C25H22ClN3O4/c1-14-2-7-19(8-3-14)28-21(30)13-33-20-9-6-18(26)11-17(20)12-27-29-24(31)22-15-4-5-16(10-15)23(22)25(29)32/h2-9,11-12,15-16,22-23H,10,13H2,1H3,(H,28,30)/t15-,16-,22-,23+/m0/s1. The average molecular weight is 464 g/mol. The summed E-state index contributed by atoms with van der Waals surface area (Å²) in [6.45, 7) is 1.74. The van der Waals surface area contributed by atoms with Gasteiger partial charge in [0.2, 0.25) is 0 Å². The fraction of sp³-hybridized carbons (Fsp3) is 0.280. The van der Waals surface area contributed by atoms with Crippen molar-refractivity contribution in [1.82, 2.24) is 5.01 Å². The Morgan fingerprint density at radius 3 is 2.45 bits per heavy atom. The summed E-state index contributed by atoms with van der Waals surface area (Å²) in [7, 11) is 0. The molecule has 33 heavy (non-hydrogen) atoms. The Kier molecular flexibility index (Phi) is 5.50. The van der Waals surface area contributed by atoms with Crippen molar-refractivity contribution in [1.29, 1.82) is 0 Å². The van der Waals surface area contributed by atoms with Crippen LogP contribution >= 0.6 is 11.6 Å². The van der Waals surface area contributed by atoms with E-state index in [4.69, 9.17) is 16.3 Å². The van der Waals surface area contributed by atoms with Crippen LogP contribution in [0.5, 0.6) is 5.75 Å². The minimum absolute atomic E-state index is 0.119. The molecule has 1 N–H and O–H groups in total. The Labute approximate surface area is 196 Å². The van der Waals surface area contributed by atoms with Gasteiger partial charge in [-0.2, -0.15) is 10.1 Å². The third-order valence-electron chi connectivity index (χ3n) is 6.43. The summed E-state index contributed by atoms with van der Waals surface area (Å²) in [5, 5.41) is 8.35. The van der Waals surface area contributed by atoms with Crippen molar-refractivity contribution in [2.75, 3.05) is 11.9 Å². The van der Waals surface area contributed by atoms with E-state index >= 15 is 0 Å². The fourth-order valence-electron chi connectivity index (χ4n) is 4.85. The van der Waals surface area contributed by atoms with Crippen LogP contribution in [0.25, 0.3) is 0 Å². The van der Waals surface area contributed by atoms with Gasteiger partial charge >= 0.3 is 0 Å². The van der Waals surface area contributed by atoms with E-state index in [1.165, 1.54) is 6.21 Å². The summed E-state index contributed by atoms with van der Waals surface area (Å²) < 4.78 is 5.68. The number of aryl methyl sites for hydroxylation is 1. The van der Waals surface area contributed by atoms with Crippen molar-refractivity contribution in [3.05, 3.63) is 70.8 Å². The molecular formula is C25H22ClN3O4. The normalized spacial score (nSPS) is 25.2. The van der Waals surface area contributed by atoms with E-state index in [2.05, 4.69) is 10.4 Å². The quantitative estimate of drug-likeness (QED) is 0.401. The number of nitrogens with zero attached hydrogens (tertiary/aromatic N) is 2. The van der Waals surface area contributed by atoms with Gasteiger partial charge in [-0.1, -0.05) is 41.4 Å². The van der Waals surface area contributed by atoms with E-state index in [9.17, 15) is 14.4 Å². The Hall–Kier alpha value is -3.45. The first-order chi connectivity index (χ1) is 15.9. The van der Waals surface area contributed by atoms with Gasteiger partial charge in [0, 0.05) is 16.3 Å². The van der Waals surface area contributed by atoms with E-state index in [1.54, 1.807) is 18.2 Å². The largest absolute Gasteiger partial charge is 0.483 e. The number of hydrazone groups is 1. The lowest BCUT2D eigenvalue weighted by Gasteiger charge is -2.13. The van der Waals surface area contributed by atoms with Crippen LogP contribution in [-0.4, -0.2) is 35.6 Å². The molecule has 0 spiro atoms. The van der Waals surface area contributed by atoms with Crippen molar-refractivity contribution in [2.45, 2.75) is 13.3 Å². The zero-order valence-electron chi connectivity index (χ0n) is 17.9. The lowest BCUT2D eigenvalue weighted by Crippen LogP contribution is -2.28. The summed E-state index contributed by atoms with van der Waals surface area (Å²) in [6.07, 6.45) is 6.32. The van der Waals surface area contributed by atoms with Gasteiger partial charge in [-0.05, 0) is 55.5 Å². The molecule has 2 fully saturated rings. The number of imide groups is 1. The van der Waals surface area contributed by atoms with E-state index < -0.39 is 0 Å². The molecule has 2 aromatic rings. The molecule has 1 heterocycles. The van der Waals surface area contributed by atoms with Crippen molar-refractivity contribution in [3.63, 3.8) is 0 Å². The number of fused-ring (bicyclic) bond motifs is 5. The second-order valence-corrected chi connectivity index (χ2v) is 9.05. The summed E-state index contributed by atoms with van der Waals surface area (Å²) in [4.78, 5) is 37.9. The van der Waals surface area contributed by atoms with Crippen molar-refractivity contribution in [2.24, 2.45) is 28.8 Å². The molecule has 3 amide bonds. The number of carbonyl (C=O) groups is 3. The number of allylic oxidation sites excluding steroid dienone is 2. The number of ether oxygens (including phenoxy) is 1. The Morgan fingerprint density at radius 2 is 1.79 bits per heavy atom. The minimum atomic E-state index is -0.322. The number of hydrogen-bond acceptors (Lipinski definition) is 5. The molecule has 0 unspecified atom stereocenters.